The molecule has 4 aromatic rings. The number of aliphatic hydroxyl groups is 2. The molecule has 0 amide bonds. The molecule has 0 aliphatic heterocycles. The highest BCUT2D eigenvalue weighted by atomic mass is 16.5. The smallest absolute Gasteiger partial charge is 0.248 e. The third kappa shape index (κ3) is 5.05. The van der Waals surface area contributed by atoms with E-state index in [9.17, 15) is 15.0 Å². The highest BCUT2D eigenvalue weighted by Gasteiger charge is 2.16. The van der Waals surface area contributed by atoms with Crippen molar-refractivity contribution in [2.45, 2.75) is 32.1 Å². The average molecular weight is 418 g/mol. The molecule has 2 unspecified atom stereocenters. The Kier molecular flexibility index (Phi) is 6.21. The minimum atomic E-state index is -0.701. The number of nitrogens with zero attached hydrogens (tertiary/aromatic N) is 1. The first-order valence-corrected chi connectivity index (χ1v) is 10.3. The van der Waals surface area contributed by atoms with Crippen molar-refractivity contribution in [2.75, 3.05) is 6.61 Å². The van der Waals surface area contributed by atoms with Gasteiger partial charge in [-0.1, -0.05) is 30.3 Å². The molecule has 0 aliphatic carbocycles. The van der Waals surface area contributed by atoms with E-state index in [4.69, 9.17) is 4.74 Å². The van der Waals surface area contributed by atoms with Crippen molar-refractivity contribution in [3.05, 3.63) is 100 Å². The fourth-order valence-corrected chi connectivity index (χ4v) is 3.73. The quantitative estimate of drug-likeness (QED) is 0.410. The number of pyridine rings is 1. The molecule has 0 aliphatic rings. The normalized spacial score (nSPS) is 13.3. The molecule has 31 heavy (non-hydrogen) atoms. The molecule has 2 aromatic heterocycles. The highest BCUT2D eigenvalue weighted by molar-refractivity contribution is 5.79. The monoisotopic (exact) mass is 418 g/mol. The van der Waals surface area contributed by atoms with Crippen molar-refractivity contribution >= 4 is 10.9 Å². The van der Waals surface area contributed by atoms with E-state index in [0.717, 1.165) is 27.7 Å². The number of hydrogen-bond acceptors (Lipinski definition) is 4. The molecule has 0 saturated carbocycles. The van der Waals surface area contributed by atoms with Gasteiger partial charge >= 0.3 is 0 Å². The molecule has 4 rings (SSSR count). The predicted octanol–water partition coefficient (Wildman–Crippen LogP) is 3.35. The highest BCUT2D eigenvalue weighted by Crippen LogP contribution is 2.21. The number of rotatable bonds is 8. The summed E-state index contributed by atoms with van der Waals surface area (Å²) in [6, 6.07) is 20.2. The first-order chi connectivity index (χ1) is 15.0. The molecule has 0 bridgehead atoms. The van der Waals surface area contributed by atoms with Crippen LogP contribution in [0, 0.1) is 6.92 Å². The zero-order valence-corrected chi connectivity index (χ0v) is 17.4. The Balaban J connectivity index is 1.39. The van der Waals surface area contributed by atoms with Gasteiger partial charge in [0.05, 0.1) is 18.8 Å². The van der Waals surface area contributed by atoms with E-state index < -0.39 is 12.2 Å². The van der Waals surface area contributed by atoms with E-state index in [1.807, 2.05) is 60.2 Å². The summed E-state index contributed by atoms with van der Waals surface area (Å²) in [5, 5.41) is 22.0. The van der Waals surface area contributed by atoms with Crippen molar-refractivity contribution in [1.82, 2.24) is 9.55 Å². The molecule has 3 N–H and O–H groups in total. The van der Waals surface area contributed by atoms with Gasteiger partial charge in [-0.3, -0.25) is 4.79 Å². The average Bonchev–Trinajstić information content (AvgIpc) is 3.11. The molecule has 0 radical (unpaired) electrons. The molecule has 6 nitrogen and oxygen atoms in total. The van der Waals surface area contributed by atoms with Gasteiger partial charge in [-0.05, 0) is 48.4 Å². The van der Waals surface area contributed by atoms with E-state index in [2.05, 4.69) is 4.98 Å². The lowest BCUT2D eigenvalue weighted by molar-refractivity contribution is 0.104. The Morgan fingerprint density at radius 2 is 1.84 bits per heavy atom. The second kappa shape index (κ2) is 9.20. The van der Waals surface area contributed by atoms with Gasteiger partial charge in [-0.2, -0.15) is 0 Å². The van der Waals surface area contributed by atoms with E-state index in [0.29, 0.717) is 18.7 Å². The van der Waals surface area contributed by atoms with Crippen molar-refractivity contribution < 1.29 is 14.9 Å². The van der Waals surface area contributed by atoms with Gasteiger partial charge in [0, 0.05) is 35.3 Å². The summed E-state index contributed by atoms with van der Waals surface area (Å²) in [4.78, 5) is 14.2. The zero-order chi connectivity index (χ0) is 21.8. The minimum Gasteiger partial charge on any atom is -0.491 e. The summed E-state index contributed by atoms with van der Waals surface area (Å²) in [6.07, 6.45) is 1.03. The molecular formula is C25H26N2O4. The van der Waals surface area contributed by atoms with Gasteiger partial charge in [0.25, 0.3) is 0 Å². The van der Waals surface area contributed by atoms with Crippen molar-refractivity contribution in [1.29, 1.82) is 0 Å². The largest absolute Gasteiger partial charge is 0.491 e. The first-order valence-electron chi connectivity index (χ1n) is 10.3. The number of aliphatic hydroxyl groups excluding tert-OH is 2. The van der Waals surface area contributed by atoms with Crippen molar-refractivity contribution in [2.24, 2.45) is 0 Å². The van der Waals surface area contributed by atoms with Gasteiger partial charge in [0.15, 0.2) is 0 Å². The summed E-state index contributed by atoms with van der Waals surface area (Å²) < 4.78 is 7.77. The maximum absolute atomic E-state index is 11.4. The fraction of sp³-hybridized carbons (Fsp3) is 0.240. The van der Waals surface area contributed by atoms with E-state index in [1.54, 1.807) is 18.2 Å². The van der Waals surface area contributed by atoms with Crippen LogP contribution < -0.4 is 10.3 Å². The number of nitrogens with one attached hydrogen (secondary N) is 1. The lowest BCUT2D eigenvalue weighted by atomic mass is 10.1. The molecule has 0 saturated heterocycles. The van der Waals surface area contributed by atoms with Crippen molar-refractivity contribution in [3.8, 4) is 5.75 Å². The van der Waals surface area contributed by atoms with Crippen LogP contribution in [0.25, 0.3) is 10.9 Å². The summed E-state index contributed by atoms with van der Waals surface area (Å²) in [5.41, 5.74) is 3.50. The number of hydrogen-bond donors (Lipinski definition) is 3. The number of aryl methyl sites for hydroxylation is 1. The van der Waals surface area contributed by atoms with Crippen molar-refractivity contribution in [3.63, 3.8) is 0 Å². The summed E-state index contributed by atoms with van der Waals surface area (Å²) in [7, 11) is 0. The molecule has 6 heteroatoms. The SMILES string of the molecule is Cc1ccn(CC(O)c2ccccc2)c1CC(O)COc1ccc2[nH]c(=O)ccc2c1. The van der Waals surface area contributed by atoms with Gasteiger partial charge in [0.2, 0.25) is 5.56 Å². The Hall–Kier alpha value is -3.35. The lowest BCUT2D eigenvalue weighted by Crippen LogP contribution is -2.23. The first kappa shape index (κ1) is 20.9. The summed E-state index contributed by atoms with van der Waals surface area (Å²) in [6.45, 7) is 2.56. The van der Waals surface area contributed by atoms with Crippen LogP contribution in [0.1, 0.15) is 22.9 Å². The second-order valence-electron chi connectivity index (χ2n) is 7.76. The van der Waals surface area contributed by atoms with Gasteiger partial charge in [0.1, 0.15) is 12.4 Å². The van der Waals surface area contributed by atoms with E-state index in [-0.39, 0.29) is 12.2 Å². The fourth-order valence-electron chi connectivity index (χ4n) is 3.73. The summed E-state index contributed by atoms with van der Waals surface area (Å²) in [5.74, 6) is 0.630. The van der Waals surface area contributed by atoms with Crippen LogP contribution in [0.15, 0.2) is 77.7 Å². The Morgan fingerprint density at radius 3 is 2.65 bits per heavy atom. The second-order valence-corrected chi connectivity index (χ2v) is 7.76. The minimum absolute atomic E-state index is 0.140. The third-order valence-electron chi connectivity index (χ3n) is 5.43. The molecule has 2 atom stereocenters. The maximum Gasteiger partial charge on any atom is 0.248 e. The number of aromatic amines is 1. The lowest BCUT2D eigenvalue weighted by Gasteiger charge is -2.18. The number of ether oxygens (including phenoxy) is 1. The van der Waals surface area contributed by atoms with Crippen LogP contribution in [0.5, 0.6) is 5.75 Å². The van der Waals surface area contributed by atoms with Crippen LogP contribution in [0.4, 0.5) is 0 Å². The number of fused-ring (bicyclic) bond motifs is 1. The molecule has 0 spiro atoms. The van der Waals surface area contributed by atoms with Gasteiger partial charge < -0.3 is 24.5 Å². The molecule has 2 aromatic carbocycles. The molecular weight excluding hydrogens is 392 g/mol. The summed E-state index contributed by atoms with van der Waals surface area (Å²) >= 11 is 0. The Labute approximate surface area is 180 Å². The zero-order valence-electron chi connectivity index (χ0n) is 17.4. The van der Waals surface area contributed by atoms with E-state index >= 15 is 0 Å². The van der Waals surface area contributed by atoms with E-state index in [1.165, 1.54) is 6.07 Å². The molecule has 0 fully saturated rings. The Bertz CT molecular complexity index is 1210. The van der Waals surface area contributed by atoms with Gasteiger partial charge in [-0.15, -0.1) is 0 Å². The van der Waals surface area contributed by atoms with Crippen LogP contribution in [-0.2, 0) is 13.0 Å². The van der Waals surface area contributed by atoms with Crippen LogP contribution in [0.2, 0.25) is 0 Å². The van der Waals surface area contributed by atoms with Crippen LogP contribution in [-0.4, -0.2) is 32.5 Å². The number of aromatic nitrogens is 2. The topological polar surface area (TPSA) is 87.5 Å². The van der Waals surface area contributed by atoms with Crippen LogP contribution >= 0.6 is 0 Å². The predicted molar refractivity (Wildman–Crippen MR) is 120 cm³/mol. The maximum atomic E-state index is 11.4. The number of H-pyrrole nitrogens is 1. The Morgan fingerprint density at radius 1 is 1.03 bits per heavy atom. The van der Waals surface area contributed by atoms with Gasteiger partial charge in [-0.25, -0.2) is 0 Å². The standard InChI is InChI=1S/C25H26N2O4/c1-17-11-12-27(15-24(29)18-5-3-2-4-6-18)23(17)14-20(28)16-31-21-8-9-22-19(13-21)7-10-25(30)26-22/h2-13,20,24,28-29H,14-16H2,1H3,(H,26,30). The third-order valence-corrected chi connectivity index (χ3v) is 5.43. The molecule has 2 heterocycles. The number of benzene rings is 2. The van der Waals surface area contributed by atoms with Crippen LogP contribution in [0.3, 0.4) is 0 Å². The molecule has 160 valence electrons.